The van der Waals surface area contributed by atoms with Gasteiger partial charge in [-0.15, -0.1) is 0 Å². The van der Waals surface area contributed by atoms with Crippen molar-refractivity contribution in [3.63, 3.8) is 0 Å². The summed E-state index contributed by atoms with van der Waals surface area (Å²) < 4.78 is 1.98. The van der Waals surface area contributed by atoms with Crippen LogP contribution < -0.4 is 5.32 Å². The largest absolute Gasteiger partial charge is 0.314 e. The number of hydrogen-bond donors (Lipinski definition) is 1. The van der Waals surface area contributed by atoms with Crippen molar-refractivity contribution in [2.45, 2.75) is 39.3 Å². The summed E-state index contributed by atoms with van der Waals surface area (Å²) in [7, 11) is 4.25. The predicted molar refractivity (Wildman–Crippen MR) is 74.6 cm³/mol. The van der Waals surface area contributed by atoms with E-state index in [-0.39, 0.29) is 0 Å². The topological polar surface area (TPSA) is 33.1 Å². The number of likely N-dealkylation sites (tertiary alicyclic amines) is 1. The van der Waals surface area contributed by atoms with Crippen LogP contribution in [0.4, 0.5) is 0 Å². The maximum absolute atomic E-state index is 4.39. The third kappa shape index (κ3) is 2.59. The van der Waals surface area contributed by atoms with E-state index in [0.717, 1.165) is 6.54 Å². The molecule has 0 aliphatic carbocycles. The van der Waals surface area contributed by atoms with E-state index in [9.17, 15) is 0 Å². The van der Waals surface area contributed by atoms with Crippen LogP contribution in [0.15, 0.2) is 6.20 Å². The van der Waals surface area contributed by atoms with E-state index >= 15 is 0 Å². The molecule has 2 rings (SSSR count). The molecule has 1 aliphatic heterocycles. The Balaban J connectivity index is 2.15. The summed E-state index contributed by atoms with van der Waals surface area (Å²) in [5.41, 5.74) is 2.69. The van der Waals surface area contributed by atoms with E-state index in [4.69, 9.17) is 0 Å². The first-order chi connectivity index (χ1) is 8.50. The number of rotatable bonds is 4. The van der Waals surface area contributed by atoms with Gasteiger partial charge in [0.05, 0.1) is 6.20 Å². The smallest absolute Gasteiger partial charge is 0.0540 e. The molecule has 4 heteroatoms. The molecule has 0 bridgehead atoms. The summed E-state index contributed by atoms with van der Waals surface area (Å²) in [4.78, 5) is 2.47. The molecule has 102 valence electrons. The van der Waals surface area contributed by atoms with E-state index < -0.39 is 0 Å². The van der Waals surface area contributed by atoms with Crippen LogP contribution in [-0.4, -0.2) is 40.9 Å². The van der Waals surface area contributed by atoms with E-state index in [1.165, 1.54) is 24.2 Å². The Hall–Kier alpha value is -0.870. The molecule has 2 heterocycles. The Kier molecular flexibility index (Phi) is 4.07. The quantitative estimate of drug-likeness (QED) is 0.883. The highest BCUT2D eigenvalue weighted by Crippen LogP contribution is 2.36. The Morgan fingerprint density at radius 2 is 2.17 bits per heavy atom. The lowest BCUT2D eigenvalue weighted by atomic mass is 9.94. The molecule has 4 nitrogen and oxygen atoms in total. The molecule has 1 saturated heterocycles. The Morgan fingerprint density at radius 3 is 2.72 bits per heavy atom. The fourth-order valence-corrected chi connectivity index (χ4v) is 2.92. The lowest BCUT2D eigenvalue weighted by Crippen LogP contribution is -2.32. The third-order valence-electron chi connectivity index (χ3n) is 4.15. The summed E-state index contributed by atoms with van der Waals surface area (Å²) in [6, 6.07) is 1.08. The standard InChI is InChI=1S/C14H26N4/c1-10(2)15-8-12-6-7-17(4)14(12)13-9-16-18(5)11(13)3/h9-10,12,14-15H,6-8H2,1-5H3. The first kappa shape index (κ1) is 13.6. The van der Waals surface area contributed by atoms with Crippen molar-refractivity contribution >= 4 is 0 Å². The molecular weight excluding hydrogens is 224 g/mol. The second-order valence-electron chi connectivity index (χ2n) is 5.85. The van der Waals surface area contributed by atoms with Crippen molar-refractivity contribution in [3.8, 4) is 0 Å². The maximum Gasteiger partial charge on any atom is 0.0540 e. The van der Waals surface area contributed by atoms with Gasteiger partial charge in [-0.2, -0.15) is 5.10 Å². The summed E-state index contributed by atoms with van der Waals surface area (Å²) in [6.07, 6.45) is 3.32. The number of aromatic nitrogens is 2. The van der Waals surface area contributed by atoms with E-state index in [2.05, 4.69) is 43.1 Å². The normalized spacial score (nSPS) is 25.2. The highest BCUT2D eigenvalue weighted by Gasteiger charge is 2.34. The van der Waals surface area contributed by atoms with Crippen LogP contribution in [-0.2, 0) is 7.05 Å². The fraction of sp³-hybridized carbons (Fsp3) is 0.786. The number of hydrogen-bond acceptors (Lipinski definition) is 3. The van der Waals surface area contributed by atoms with Gasteiger partial charge in [-0.05, 0) is 32.9 Å². The molecule has 1 aromatic rings. The van der Waals surface area contributed by atoms with Gasteiger partial charge in [-0.3, -0.25) is 9.58 Å². The van der Waals surface area contributed by atoms with Crippen LogP contribution in [0.2, 0.25) is 0 Å². The molecule has 1 fully saturated rings. The SMILES string of the molecule is Cc1c(C2C(CNC(C)C)CCN2C)cnn1C. The van der Waals surface area contributed by atoms with Crippen LogP contribution >= 0.6 is 0 Å². The molecule has 2 atom stereocenters. The molecule has 1 N–H and O–H groups in total. The molecule has 0 radical (unpaired) electrons. The second-order valence-corrected chi connectivity index (χ2v) is 5.85. The van der Waals surface area contributed by atoms with Crippen LogP contribution in [0.25, 0.3) is 0 Å². The first-order valence-electron chi connectivity index (χ1n) is 6.92. The Bertz CT molecular complexity index is 396. The second kappa shape index (κ2) is 5.41. The molecule has 0 amide bonds. The molecule has 18 heavy (non-hydrogen) atoms. The Morgan fingerprint density at radius 1 is 1.44 bits per heavy atom. The minimum atomic E-state index is 0.518. The van der Waals surface area contributed by atoms with Gasteiger partial charge in [0.1, 0.15) is 0 Å². The van der Waals surface area contributed by atoms with Crippen LogP contribution in [0.1, 0.15) is 37.6 Å². The molecule has 0 saturated carbocycles. The lowest BCUT2D eigenvalue weighted by molar-refractivity contribution is 0.268. The van der Waals surface area contributed by atoms with Gasteiger partial charge in [0.2, 0.25) is 0 Å². The summed E-state index contributed by atoms with van der Waals surface area (Å²) >= 11 is 0. The predicted octanol–water partition coefficient (Wildman–Crippen LogP) is 1.72. The lowest BCUT2D eigenvalue weighted by Gasteiger charge is -2.26. The fourth-order valence-electron chi connectivity index (χ4n) is 2.92. The average molecular weight is 250 g/mol. The van der Waals surface area contributed by atoms with E-state index in [1.807, 2.05) is 17.9 Å². The number of nitrogens with zero attached hydrogens (tertiary/aromatic N) is 3. The third-order valence-corrected chi connectivity index (χ3v) is 4.15. The van der Waals surface area contributed by atoms with Gasteiger partial charge in [-0.1, -0.05) is 13.8 Å². The van der Waals surface area contributed by atoms with E-state index in [0.29, 0.717) is 18.0 Å². The van der Waals surface area contributed by atoms with Gasteiger partial charge in [0, 0.05) is 36.9 Å². The zero-order chi connectivity index (χ0) is 13.3. The van der Waals surface area contributed by atoms with Crippen molar-refractivity contribution in [1.82, 2.24) is 20.0 Å². The molecule has 0 spiro atoms. The zero-order valence-corrected chi connectivity index (χ0v) is 12.3. The van der Waals surface area contributed by atoms with E-state index in [1.54, 1.807) is 0 Å². The van der Waals surface area contributed by atoms with Crippen molar-refractivity contribution in [1.29, 1.82) is 0 Å². The number of nitrogens with one attached hydrogen (secondary N) is 1. The molecular formula is C14H26N4. The van der Waals surface area contributed by atoms with Gasteiger partial charge in [-0.25, -0.2) is 0 Å². The molecule has 1 aliphatic rings. The Labute approximate surface area is 110 Å². The summed E-state index contributed by atoms with van der Waals surface area (Å²) in [6.45, 7) is 8.87. The van der Waals surface area contributed by atoms with Crippen molar-refractivity contribution < 1.29 is 0 Å². The first-order valence-corrected chi connectivity index (χ1v) is 6.92. The van der Waals surface area contributed by atoms with Crippen LogP contribution in [0.5, 0.6) is 0 Å². The minimum absolute atomic E-state index is 0.518. The van der Waals surface area contributed by atoms with Gasteiger partial charge in [0.15, 0.2) is 0 Å². The minimum Gasteiger partial charge on any atom is -0.314 e. The van der Waals surface area contributed by atoms with Crippen LogP contribution in [0, 0.1) is 12.8 Å². The number of aryl methyl sites for hydroxylation is 1. The van der Waals surface area contributed by atoms with Crippen molar-refractivity contribution in [2.24, 2.45) is 13.0 Å². The van der Waals surface area contributed by atoms with Gasteiger partial charge in [0.25, 0.3) is 0 Å². The van der Waals surface area contributed by atoms with Crippen molar-refractivity contribution in [3.05, 3.63) is 17.5 Å². The monoisotopic (exact) mass is 250 g/mol. The zero-order valence-electron chi connectivity index (χ0n) is 12.3. The van der Waals surface area contributed by atoms with Crippen LogP contribution in [0.3, 0.4) is 0 Å². The molecule has 2 unspecified atom stereocenters. The molecule has 0 aromatic carbocycles. The summed E-state index contributed by atoms with van der Waals surface area (Å²) in [5.74, 6) is 0.695. The van der Waals surface area contributed by atoms with Gasteiger partial charge < -0.3 is 5.32 Å². The highest BCUT2D eigenvalue weighted by molar-refractivity contribution is 5.22. The maximum atomic E-state index is 4.39. The summed E-state index contributed by atoms with van der Waals surface area (Å²) in [5, 5.41) is 7.97. The van der Waals surface area contributed by atoms with Crippen molar-refractivity contribution in [2.75, 3.05) is 20.1 Å². The molecule has 1 aromatic heterocycles. The van der Waals surface area contributed by atoms with Gasteiger partial charge >= 0.3 is 0 Å². The average Bonchev–Trinajstić information content (AvgIpc) is 2.82. The highest BCUT2D eigenvalue weighted by atomic mass is 15.3.